The highest BCUT2D eigenvalue weighted by atomic mass is 79.9. The first kappa shape index (κ1) is 17.2. The molecule has 0 saturated heterocycles. The van der Waals surface area contributed by atoms with Crippen molar-refractivity contribution < 1.29 is 9.53 Å². The fraction of sp³-hybridized carbons (Fsp3) is 0.400. The number of benzene rings is 1. The van der Waals surface area contributed by atoms with Crippen LogP contribution in [0.3, 0.4) is 0 Å². The van der Waals surface area contributed by atoms with E-state index >= 15 is 0 Å². The normalized spacial score (nSPS) is 10.8. The van der Waals surface area contributed by atoms with E-state index in [-0.39, 0.29) is 5.60 Å². The minimum Gasteiger partial charge on any atom is -0.462 e. The summed E-state index contributed by atoms with van der Waals surface area (Å²) >= 11 is 6.99. The van der Waals surface area contributed by atoms with Gasteiger partial charge in [0.05, 0.1) is 5.52 Å². The molecule has 0 spiro atoms. The number of carbonyl (C=O) groups excluding carboxylic acids is 1. The molecular formula is C15H19Br2NO2. The Balaban J connectivity index is 0.000000246. The maximum Gasteiger partial charge on any atom is 0.293 e. The molecule has 0 fully saturated rings. The monoisotopic (exact) mass is 403 g/mol. The zero-order valence-electron chi connectivity index (χ0n) is 11.9. The summed E-state index contributed by atoms with van der Waals surface area (Å²) < 4.78 is 5.69. The smallest absolute Gasteiger partial charge is 0.293 e. The number of alkyl halides is 1. The Morgan fingerprint density at radius 1 is 1.35 bits per heavy atom. The van der Waals surface area contributed by atoms with E-state index in [2.05, 4.69) is 59.8 Å². The fourth-order valence-corrected chi connectivity index (χ4v) is 2.68. The quantitative estimate of drug-likeness (QED) is 0.588. The predicted molar refractivity (Wildman–Crippen MR) is 90.4 cm³/mol. The van der Waals surface area contributed by atoms with Crippen molar-refractivity contribution in [3.05, 3.63) is 34.4 Å². The van der Waals surface area contributed by atoms with Gasteiger partial charge in [0.2, 0.25) is 0 Å². The van der Waals surface area contributed by atoms with Gasteiger partial charge in [-0.2, -0.15) is 0 Å². The number of aromatic amines is 1. The first-order valence-electron chi connectivity index (χ1n) is 6.30. The van der Waals surface area contributed by atoms with Crippen molar-refractivity contribution >= 4 is 49.2 Å². The second-order valence-electron chi connectivity index (χ2n) is 5.28. The summed E-state index contributed by atoms with van der Waals surface area (Å²) in [5.41, 5.74) is 2.22. The number of nitrogens with one attached hydrogen (secondary N) is 1. The first-order chi connectivity index (χ1) is 9.37. The molecule has 1 aromatic carbocycles. The van der Waals surface area contributed by atoms with Crippen LogP contribution in [0.1, 0.15) is 26.3 Å². The molecule has 3 nitrogen and oxygen atoms in total. The Bertz CT molecular complexity index is 558. The lowest BCUT2D eigenvalue weighted by Gasteiger charge is -2.14. The summed E-state index contributed by atoms with van der Waals surface area (Å²) in [4.78, 5) is 12.8. The van der Waals surface area contributed by atoms with Gasteiger partial charge in [0.1, 0.15) is 5.60 Å². The Morgan fingerprint density at radius 2 is 2.05 bits per heavy atom. The molecule has 0 saturated carbocycles. The summed E-state index contributed by atoms with van der Waals surface area (Å²) in [7, 11) is 0. The van der Waals surface area contributed by atoms with Gasteiger partial charge >= 0.3 is 0 Å². The van der Waals surface area contributed by atoms with Gasteiger partial charge in [0.25, 0.3) is 6.47 Å². The van der Waals surface area contributed by atoms with Gasteiger partial charge in [-0.15, -0.1) is 0 Å². The lowest BCUT2D eigenvalue weighted by Crippen LogP contribution is -2.17. The zero-order valence-corrected chi connectivity index (χ0v) is 15.0. The molecule has 5 heteroatoms. The van der Waals surface area contributed by atoms with Crippen molar-refractivity contribution in [3.8, 4) is 0 Å². The third kappa shape index (κ3) is 5.67. The third-order valence-electron chi connectivity index (χ3n) is 2.46. The van der Waals surface area contributed by atoms with Crippen molar-refractivity contribution in [3.63, 3.8) is 0 Å². The third-order valence-corrected chi connectivity index (χ3v) is 3.48. The topological polar surface area (TPSA) is 42.1 Å². The molecule has 110 valence electrons. The molecular weight excluding hydrogens is 386 g/mol. The lowest BCUT2D eigenvalue weighted by atomic mass is 10.1. The number of fused-ring (bicyclic) bond motifs is 1. The molecule has 1 aromatic heterocycles. The number of hydrogen-bond acceptors (Lipinski definition) is 2. The van der Waals surface area contributed by atoms with Gasteiger partial charge in [0.15, 0.2) is 0 Å². The largest absolute Gasteiger partial charge is 0.462 e. The van der Waals surface area contributed by atoms with Crippen molar-refractivity contribution in [2.75, 3.05) is 5.33 Å². The molecule has 0 aliphatic carbocycles. The minimum atomic E-state index is -0.318. The van der Waals surface area contributed by atoms with E-state index in [1.54, 1.807) is 0 Å². The van der Waals surface area contributed by atoms with E-state index < -0.39 is 0 Å². The molecule has 0 amide bonds. The molecule has 1 N–H and O–H groups in total. The summed E-state index contributed by atoms with van der Waals surface area (Å²) in [6.45, 7) is 5.92. The number of carbonyl (C=O) groups is 1. The molecule has 0 bridgehead atoms. The fourth-order valence-electron chi connectivity index (χ4n) is 1.58. The van der Waals surface area contributed by atoms with Crippen molar-refractivity contribution in [1.29, 1.82) is 0 Å². The highest BCUT2D eigenvalue weighted by Crippen LogP contribution is 2.24. The Labute approximate surface area is 136 Å². The van der Waals surface area contributed by atoms with Crippen LogP contribution in [0, 0.1) is 0 Å². The predicted octanol–water partition coefficient (Wildman–Crippen LogP) is 4.83. The van der Waals surface area contributed by atoms with Crippen molar-refractivity contribution in [1.82, 2.24) is 4.98 Å². The van der Waals surface area contributed by atoms with E-state index in [1.165, 1.54) is 16.5 Å². The molecule has 2 aromatic rings. The molecule has 0 aliphatic rings. The van der Waals surface area contributed by atoms with Gasteiger partial charge in [-0.05, 0) is 66.9 Å². The van der Waals surface area contributed by atoms with Gasteiger partial charge < -0.3 is 9.72 Å². The molecule has 1 heterocycles. The second kappa shape index (κ2) is 7.84. The standard InChI is InChI=1S/C10H9Br2N.C5H10O2/c11-3-1-7-5-8-2-4-13-10(8)9(12)6-7;1-5(2,3)7-4-6/h2,4-6,13H,1,3H2;4H,1-3H3. The maximum atomic E-state index is 9.60. The average Bonchev–Trinajstić information content (AvgIpc) is 2.77. The molecule has 0 radical (unpaired) electrons. The SMILES string of the molecule is BrCCc1cc(Br)c2[nH]ccc2c1.CC(C)(C)OC=O. The highest BCUT2D eigenvalue weighted by molar-refractivity contribution is 9.10. The number of rotatable bonds is 3. The number of aryl methyl sites for hydroxylation is 1. The molecule has 0 unspecified atom stereocenters. The van der Waals surface area contributed by atoms with Gasteiger partial charge in [-0.25, -0.2) is 0 Å². The van der Waals surface area contributed by atoms with E-state index in [9.17, 15) is 4.79 Å². The molecule has 0 atom stereocenters. The van der Waals surface area contributed by atoms with Crippen molar-refractivity contribution in [2.45, 2.75) is 32.8 Å². The van der Waals surface area contributed by atoms with Crippen molar-refractivity contribution in [2.24, 2.45) is 0 Å². The molecule has 2 rings (SSSR count). The molecule has 0 aliphatic heterocycles. The zero-order chi connectivity index (χ0) is 15.2. The second-order valence-corrected chi connectivity index (χ2v) is 6.93. The van der Waals surface area contributed by atoms with Gasteiger partial charge in [0, 0.05) is 21.4 Å². The number of hydrogen-bond donors (Lipinski definition) is 1. The summed E-state index contributed by atoms with van der Waals surface area (Å²) in [6.07, 6.45) is 3.03. The summed E-state index contributed by atoms with van der Waals surface area (Å²) in [6, 6.07) is 6.48. The van der Waals surface area contributed by atoms with Crippen LogP contribution in [0.25, 0.3) is 10.9 Å². The summed E-state index contributed by atoms with van der Waals surface area (Å²) in [5, 5.41) is 2.28. The highest BCUT2D eigenvalue weighted by Gasteiger charge is 2.07. The Kier molecular flexibility index (Phi) is 6.76. The molecule has 20 heavy (non-hydrogen) atoms. The minimum absolute atomic E-state index is 0.318. The van der Waals surface area contributed by atoms with Crippen LogP contribution in [0.5, 0.6) is 0 Å². The van der Waals surface area contributed by atoms with Crippen LogP contribution in [0.15, 0.2) is 28.9 Å². The number of aromatic nitrogens is 1. The van der Waals surface area contributed by atoms with Crippen LogP contribution in [0.2, 0.25) is 0 Å². The Morgan fingerprint density at radius 3 is 2.55 bits per heavy atom. The lowest BCUT2D eigenvalue weighted by molar-refractivity contribution is -0.138. The van der Waals surface area contributed by atoms with Crippen LogP contribution in [-0.2, 0) is 16.0 Å². The van der Waals surface area contributed by atoms with E-state index in [0.717, 1.165) is 16.2 Å². The maximum absolute atomic E-state index is 9.60. The van der Waals surface area contributed by atoms with Crippen LogP contribution >= 0.6 is 31.9 Å². The van der Waals surface area contributed by atoms with Crippen LogP contribution in [0.4, 0.5) is 0 Å². The Hall–Kier alpha value is -0.810. The summed E-state index contributed by atoms with van der Waals surface area (Å²) in [5.74, 6) is 0. The van der Waals surface area contributed by atoms with Gasteiger partial charge in [-0.1, -0.05) is 15.9 Å². The van der Waals surface area contributed by atoms with Crippen LogP contribution in [-0.4, -0.2) is 22.4 Å². The number of ether oxygens (including phenoxy) is 1. The number of H-pyrrole nitrogens is 1. The van der Waals surface area contributed by atoms with E-state index in [4.69, 9.17) is 0 Å². The van der Waals surface area contributed by atoms with Crippen LogP contribution < -0.4 is 0 Å². The first-order valence-corrected chi connectivity index (χ1v) is 8.22. The average molecular weight is 405 g/mol. The van der Waals surface area contributed by atoms with E-state index in [0.29, 0.717) is 6.47 Å². The number of halogens is 2. The van der Waals surface area contributed by atoms with E-state index in [1.807, 2.05) is 27.0 Å². The van der Waals surface area contributed by atoms with Gasteiger partial charge in [-0.3, -0.25) is 4.79 Å².